The highest BCUT2D eigenvalue weighted by molar-refractivity contribution is 5.94. The molecule has 1 aromatic carbocycles. The lowest BCUT2D eigenvalue weighted by molar-refractivity contribution is -0.383. The molecule has 11 nitrogen and oxygen atoms in total. The van der Waals surface area contributed by atoms with Gasteiger partial charge in [0.05, 0.1) is 17.6 Å². The fraction of sp³-hybridized carbons (Fsp3) is 0.0588. The van der Waals surface area contributed by atoms with Crippen LogP contribution in [-0.4, -0.2) is 32.9 Å². The first-order valence-electron chi connectivity index (χ1n) is 7.95. The number of hydrazine groups is 1. The predicted molar refractivity (Wildman–Crippen MR) is 100 cm³/mol. The van der Waals surface area contributed by atoms with Gasteiger partial charge in [0, 0.05) is 18.1 Å². The van der Waals surface area contributed by atoms with Crippen LogP contribution < -0.4 is 20.9 Å². The minimum absolute atomic E-state index is 0.0386. The molecule has 1 amide bonds. The maximum Gasteiger partial charge on any atom is 0.355 e. The normalized spacial score (nSPS) is 10.0. The van der Waals surface area contributed by atoms with Gasteiger partial charge in [-0.3, -0.25) is 30.7 Å². The van der Waals surface area contributed by atoms with Crippen molar-refractivity contribution in [1.82, 2.24) is 20.4 Å². The Balaban J connectivity index is 1.80. The van der Waals surface area contributed by atoms with E-state index >= 15 is 0 Å². The highest BCUT2D eigenvalue weighted by Gasteiger charge is 2.23. The third kappa shape index (κ3) is 4.27. The van der Waals surface area contributed by atoms with Crippen LogP contribution in [0.3, 0.4) is 0 Å². The van der Waals surface area contributed by atoms with Crippen LogP contribution in [0.15, 0.2) is 55.1 Å². The van der Waals surface area contributed by atoms with Gasteiger partial charge < -0.3 is 10.1 Å². The number of hydrogen-bond donors (Lipinski definition) is 3. The highest BCUT2D eigenvalue weighted by Crippen LogP contribution is 2.31. The third-order valence-electron chi connectivity index (χ3n) is 3.58. The number of carbonyl (C=O) groups excluding carboxylic acids is 1. The number of amides is 1. The van der Waals surface area contributed by atoms with Crippen molar-refractivity contribution in [1.29, 1.82) is 0 Å². The summed E-state index contributed by atoms with van der Waals surface area (Å²) in [7, 11) is 1.54. The average molecular weight is 381 g/mol. The van der Waals surface area contributed by atoms with Crippen LogP contribution in [0.1, 0.15) is 10.4 Å². The lowest BCUT2D eigenvalue weighted by Gasteiger charge is -2.11. The molecule has 0 spiro atoms. The molecule has 0 unspecified atom stereocenters. The van der Waals surface area contributed by atoms with E-state index in [1.807, 2.05) is 0 Å². The molecule has 11 heteroatoms. The molecule has 3 rings (SSSR count). The maximum atomic E-state index is 12.1. The van der Waals surface area contributed by atoms with Gasteiger partial charge in [0.25, 0.3) is 5.91 Å². The van der Waals surface area contributed by atoms with E-state index < -0.39 is 16.5 Å². The van der Waals surface area contributed by atoms with Gasteiger partial charge >= 0.3 is 5.69 Å². The van der Waals surface area contributed by atoms with Crippen LogP contribution in [0.4, 0.5) is 23.0 Å². The van der Waals surface area contributed by atoms with E-state index in [9.17, 15) is 14.9 Å². The van der Waals surface area contributed by atoms with Crippen molar-refractivity contribution in [3.8, 4) is 5.75 Å². The molecule has 0 saturated carbocycles. The lowest BCUT2D eigenvalue weighted by Crippen LogP contribution is -2.30. The number of nitro groups is 1. The van der Waals surface area contributed by atoms with E-state index in [-0.39, 0.29) is 17.2 Å². The number of ether oxygens (including phenoxy) is 1. The zero-order chi connectivity index (χ0) is 19.9. The van der Waals surface area contributed by atoms with Crippen LogP contribution in [0.25, 0.3) is 0 Å². The summed E-state index contributed by atoms with van der Waals surface area (Å²) < 4.78 is 5.08. The monoisotopic (exact) mass is 381 g/mol. The number of pyridine rings is 1. The van der Waals surface area contributed by atoms with E-state index in [1.165, 1.54) is 19.5 Å². The number of methoxy groups -OCH3 is 1. The van der Waals surface area contributed by atoms with Gasteiger partial charge in [-0.1, -0.05) is 0 Å². The van der Waals surface area contributed by atoms with Gasteiger partial charge in [0.15, 0.2) is 0 Å². The summed E-state index contributed by atoms with van der Waals surface area (Å²) >= 11 is 0. The molecule has 142 valence electrons. The van der Waals surface area contributed by atoms with Gasteiger partial charge in [0.1, 0.15) is 12.1 Å². The highest BCUT2D eigenvalue weighted by atomic mass is 16.6. The molecule has 0 aliphatic heterocycles. The molecule has 2 heterocycles. The Hall–Kier alpha value is -4.28. The minimum Gasteiger partial charge on any atom is -0.497 e. The molecule has 0 radical (unpaired) electrons. The van der Waals surface area contributed by atoms with Crippen molar-refractivity contribution in [2.45, 2.75) is 0 Å². The number of anilines is 3. The summed E-state index contributed by atoms with van der Waals surface area (Å²) in [5.41, 5.74) is 5.22. The van der Waals surface area contributed by atoms with Crippen LogP contribution in [0.5, 0.6) is 5.75 Å². The largest absolute Gasteiger partial charge is 0.497 e. The van der Waals surface area contributed by atoms with E-state index in [4.69, 9.17) is 4.74 Å². The lowest BCUT2D eigenvalue weighted by atomic mass is 10.3. The second kappa shape index (κ2) is 8.40. The van der Waals surface area contributed by atoms with Crippen molar-refractivity contribution in [2.24, 2.45) is 0 Å². The summed E-state index contributed by atoms with van der Waals surface area (Å²) in [5, 5.41) is 14.4. The topological polar surface area (TPSA) is 144 Å². The second-order valence-electron chi connectivity index (χ2n) is 5.35. The van der Waals surface area contributed by atoms with Gasteiger partial charge in [-0.15, -0.1) is 0 Å². The smallest absolute Gasteiger partial charge is 0.355 e. The van der Waals surface area contributed by atoms with Gasteiger partial charge in [-0.25, -0.2) is 9.97 Å². The maximum absolute atomic E-state index is 12.1. The van der Waals surface area contributed by atoms with Crippen molar-refractivity contribution in [3.05, 3.63) is 70.8 Å². The molecule has 3 N–H and O–H groups in total. The standard InChI is InChI=1S/C17H15N7O4/c1-28-13-6-4-12(5-7-13)21-15-14(24(26)27)16(20-10-19-15)22-23-17(25)11-3-2-8-18-9-11/h2-10H,1H3,(H,23,25)(H2,19,20,21,22). The summed E-state index contributed by atoms with van der Waals surface area (Å²) in [6, 6.07) is 9.91. The van der Waals surface area contributed by atoms with Crippen LogP contribution >= 0.6 is 0 Å². The fourth-order valence-electron chi connectivity index (χ4n) is 2.23. The van der Waals surface area contributed by atoms with Crippen LogP contribution in [0, 0.1) is 10.1 Å². The van der Waals surface area contributed by atoms with E-state index in [1.54, 1.807) is 36.4 Å². The molecule has 0 saturated heterocycles. The van der Waals surface area contributed by atoms with E-state index in [0.29, 0.717) is 11.4 Å². The average Bonchev–Trinajstić information content (AvgIpc) is 2.73. The zero-order valence-corrected chi connectivity index (χ0v) is 14.6. The van der Waals surface area contributed by atoms with Gasteiger partial charge in [0.2, 0.25) is 11.6 Å². The number of benzene rings is 1. The molecule has 28 heavy (non-hydrogen) atoms. The molecule has 2 aromatic heterocycles. The zero-order valence-electron chi connectivity index (χ0n) is 14.6. The number of hydrogen-bond acceptors (Lipinski definition) is 9. The number of aromatic nitrogens is 3. The number of rotatable bonds is 7. The van der Waals surface area contributed by atoms with Crippen molar-refractivity contribution in [2.75, 3.05) is 17.9 Å². The third-order valence-corrected chi connectivity index (χ3v) is 3.58. The summed E-state index contributed by atoms with van der Waals surface area (Å²) in [4.78, 5) is 34.6. The number of nitrogens with one attached hydrogen (secondary N) is 3. The Kier molecular flexibility index (Phi) is 5.55. The summed E-state index contributed by atoms with van der Waals surface area (Å²) in [6.07, 6.45) is 4.02. The van der Waals surface area contributed by atoms with Crippen LogP contribution in [0.2, 0.25) is 0 Å². The SMILES string of the molecule is COc1ccc(Nc2ncnc(NNC(=O)c3cccnc3)c2[N+](=O)[O-])cc1. The van der Waals surface area contributed by atoms with Crippen molar-refractivity contribution in [3.63, 3.8) is 0 Å². The predicted octanol–water partition coefficient (Wildman–Crippen LogP) is 2.29. The molecule has 0 aliphatic carbocycles. The molecular weight excluding hydrogens is 366 g/mol. The van der Waals surface area contributed by atoms with Crippen LogP contribution in [-0.2, 0) is 0 Å². The minimum atomic E-state index is -0.648. The summed E-state index contributed by atoms with van der Waals surface area (Å²) in [6.45, 7) is 0. The molecule has 0 fully saturated rings. The van der Waals surface area contributed by atoms with Gasteiger partial charge in [-0.2, -0.15) is 0 Å². The first-order chi connectivity index (χ1) is 13.6. The van der Waals surface area contributed by atoms with Crippen molar-refractivity contribution < 1.29 is 14.5 Å². The first-order valence-corrected chi connectivity index (χ1v) is 7.95. The summed E-state index contributed by atoms with van der Waals surface area (Å²) in [5.74, 6) is -0.0922. The fourth-order valence-corrected chi connectivity index (χ4v) is 2.23. The molecule has 0 bridgehead atoms. The molecular formula is C17H15N7O4. The molecule has 0 aliphatic rings. The number of carbonyl (C=O) groups is 1. The Bertz CT molecular complexity index is 981. The molecule has 3 aromatic rings. The van der Waals surface area contributed by atoms with Crippen molar-refractivity contribution >= 4 is 28.9 Å². The number of nitrogens with zero attached hydrogens (tertiary/aromatic N) is 4. The first kappa shape index (κ1) is 18.5. The Morgan fingerprint density at radius 1 is 1.14 bits per heavy atom. The van der Waals surface area contributed by atoms with Gasteiger partial charge in [-0.05, 0) is 36.4 Å². The molecule has 0 atom stereocenters. The quantitative estimate of drug-likeness (QED) is 0.414. The van der Waals surface area contributed by atoms with E-state index in [2.05, 4.69) is 31.1 Å². The second-order valence-corrected chi connectivity index (χ2v) is 5.35. The van der Waals surface area contributed by atoms with E-state index in [0.717, 1.165) is 6.33 Å². The Labute approximate surface area is 158 Å². The Morgan fingerprint density at radius 3 is 2.54 bits per heavy atom. The Morgan fingerprint density at radius 2 is 1.89 bits per heavy atom.